The number of benzene rings is 2. The Morgan fingerprint density at radius 3 is 2.38 bits per heavy atom. The molecule has 4 heteroatoms. The molecule has 0 amide bonds. The van der Waals surface area contributed by atoms with Crippen molar-refractivity contribution >= 4 is 17.4 Å². The normalized spacial score (nSPS) is 10.4. The highest BCUT2D eigenvalue weighted by Crippen LogP contribution is 2.11. The zero-order valence-electron chi connectivity index (χ0n) is 11.9. The quantitative estimate of drug-likeness (QED) is 0.629. The second-order valence-corrected chi connectivity index (χ2v) is 5.14. The fourth-order valence-corrected chi connectivity index (χ4v) is 2.09. The van der Waals surface area contributed by atoms with Crippen molar-refractivity contribution in [3.63, 3.8) is 0 Å². The van der Waals surface area contributed by atoms with Gasteiger partial charge in [-0.25, -0.2) is 0 Å². The average molecular weight is 304 g/mol. The largest absolute Gasteiger partial charge is 0.497 e. The van der Waals surface area contributed by atoms with E-state index in [9.17, 15) is 4.79 Å². The van der Waals surface area contributed by atoms with E-state index in [1.165, 1.54) is 5.56 Å². The number of carbonyl (C=O) groups is 1. The molecule has 0 aliphatic heterocycles. The third-order valence-electron chi connectivity index (χ3n) is 3.20. The minimum Gasteiger partial charge on any atom is -0.497 e. The Hall–Kier alpha value is -1.84. The summed E-state index contributed by atoms with van der Waals surface area (Å²) in [5.41, 5.74) is 1.89. The second-order valence-electron chi connectivity index (χ2n) is 4.70. The van der Waals surface area contributed by atoms with Gasteiger partial charge in [-0.05, 0) is 54.9 Å². The van der Waals surface area contributed by atoms with Gasteiger partial charge in [0.2, 0.25) is 0 Å². The molecule has 0 aliphatic carbocycles. The van der Waals surface area contributed by atoms with Crippen LogP contribution in [0.3, 0.4) is 0 Å². The number of carbonyl (C=O) groups excluding carboxylic acids is 1. The zero-order valence-corrected chi connectivity index (χ0v) is 12.7. The molecule has 2 aromatic carbocycles. The van der Waals surface area contributed by atoms with E-state index in [-0.39, 0.29) is 5.78 Å². The SMILES string of the molecule is COc1ccc(CCNCC(=O)c2ccc(Cl)cc2)cc1. The first kappa shape index (κ1) is 15.5. The molecule has 0 heterocycles. The van der Waals surface area contributed by atoms with Gasteiger partial charge in [0.25, 0.3) is 0 Å². The third kappa shape index (κ3) is 4.88. The van der Waals surface area contributed by atoms with Crippen LogP contribution in [0.2, 0.25) is 5.02 Å². The van der Waals surface area contributed by atoms with Gasteiger partial charge < -0.3 is 10.1 Å². The molecular formula is C17H18ClNO2. The van der Waals surface area contributed by atoms with E-state index < -0.39 is 0 Å². The van der Waals surface area contributed by atoms with E-state index in [4.69, 9.17) is 16.3 Å². The van der Waals surface area contributed by atoms with Crippen LogP contribution in [0.5, 0.6) is 5.75 Å². The summed E-state index contributed by atoms with van der Waals surface area (Å²) in [6, 6.07) is 14.9. The highest BCUT2D eigenvalue weighted by molar-refractivity contribution is 6.30. The van der Waals surface area contributed by atoms with Crippen molar-refractivity contribution in [1.82, 2.24) is 5.32 Å². The zero-order chi connectivity index (χ0) is 15.1. The van der Waals surface area contributed by atoms with Crippen molar-refractivity contribution in [2.75, 3.05) is 20.2 Å². The molecule has 110 valence electrons. The van der Waals surface area contributed by atoms with Crippen molar-refractivity contribution in [1.29, 1.82) is 0 Å². The Morgan fingerprint density at radius 1 is 1.10 bits per heavy atom. The summed E-state index contributed by atoms with van der Waals surface area (Å²) < 4.78 is 5.11. The van der Waals surface area contributed by atoms with Crippen LogP contribution in [0.25, 0.3) is 0 Å². The Bertz CT molecular complexity index is 579. The summed E-state index contributed by atoms with van der Waals surface area (Å²) in [6.45, 7) is 1.09. The Kier molecular flexibility index (Phi) is 5.78. The molecule has 0 unspecified atom stereocenters. The van der Waals surface area contributed by atoms with Gasteiger partial charge >= 0.3 is 0 Å². The first-order valence-electron chi connectivity index (χ1n) is 6.81. The number of ether oxygens (including phenoxy) is 1. The van der Waals surface area contributed by atoms with Crippen LogP contribution in [0.4, 0.5) is 0 Å². The lowest BCUT2D eigenvalue weighted by Crippen LogP contribution is -2.25. The van der Waals surface area contributed by atoms with Crippen molar-refractivity contribution in [3.8, 4) is 5.75 Å². The summed E-state index contributed by atoms with van der Waals surface area (Å²) in [6.07, 6.45) is 0.873. The Balaban J connectivity index is 1.73. The molecule has 2 aromatic rings. The number of halogens is 1. The molecule has 21 heavy (non-hydrogen) atoms. The molecule has 0 fully saturated rings. The Morgan fingerprint density at radius 2 is 1.76 bits per heavy atom. The van der Waals surface area contributed by atoms with E-state index in [1.54, 1.807) is 31.4 Å². The molecular weight excluding hydrogens is 286 g/mol. The number of nitrogens with one attached hydrogen (secondary N) is 1. The summed E-state index contributed by atoms with van der Waals surface area (Å²) >= 11 is 5.80. The maximum absolute atomic E-state index is 11.9. The summed E-state index contributed by atoms with van der Waals surface area (Å²) in [5, 5.41) is 3.80. The molecule has 1 N–H and O–H groups in total. The van der Waals surface area contributed by atoms with Crippen molar-refractivity contribution in [2.24, 2.45) is 0 Å². The maximum Gasteiger partial charge on any atom is 0.176 e. The molecule has 0 atom stereocenters. The van der Waals surface area contributed by atoms with E-state index >= 15 is 0 Å². The number of hydrogen-bond donors (Lipinski definition) is 1. The minimum atomic E-state index is 0.0707. The lowest BCUT2D eigenvalue weighted by Gasteiger charge is -2.06. The molecule has 0 spiro atoms. The molecule has 0 aromatic heterocycles. The number of Topliss-reactive ketones (excluding diaryl/α,β-unsaturated/α-hetero) is 1. The smallest absolute Gasteiger partial charge is 0.176 e. The van der Waals surface area contributed by atoms with Crippen LogP contribution in [0.1, 0.15) is 15.9 Å². The van der Waals surface area contributed by atoms with Crippen molar-refractivity contribution in [3.05, 3.63) is 64.7 Å². The van der Waals surface area contributed by atoms with Crippen molar-refractivity contribution < 1.29 is 9.53 Å². The summed E-state index contributed by atoms with van der Waals surface area (Å²) in [7, 11) is 1.65. The summed E-state index contributed by atoms with van der Waals surface area (Å²) in [5.74, 6) is 0.922. The van der Waals surface area contributed by atoms with Gasteiger partial charge in [0.15, 0.2) is 5.78 Å². The van der Waals surface area contributed by atoms with Gasteiger partial charge in [-0.3, -0.25) is 4.79 Å². The number of ketones is 1. The van der Waals surface area contributed by atoms with Crippen LogP contribution < -0.4 is 10.1 Å². The van der Waals surface area contributed by atoms with Gasteiger partial charge in [0.1, 0.15) is 5.75 Å². The molecule has 2 rings (SSSR count). The monoisotopic (exact) mass is 303 g/mol. The number of methoxy groups -OCH3 is 1. The van der Waals surface area contributed by atoms with Crippen LogP contribution in [-0.2, 0) is 6.42 Å². The highest BCUT2D eigenvalue weighted by atomic mass is 35.5. The minimum absolute atomic E-state index is 0.0707. The molecule has 3 nitrogen and oxygen atoms in total. The van der Waals surface area contributed by atoms with E-state index in [2.05, 4.69) is 5.32 Å². The molecule has 0 saturated carbocycles. The fourth-order valence-electron chi connectivity index (χ4n) is 1.96. The Labute approximate surface area is 129 Å². The number of hydrogen-bond acceptors (Lipinski definition) is 3. The van der Waals surface area contributed by atoms with Crippen LogP contribution >= 0.6 is 11.6 Å². The van der Waals surface area contributed by atoms with Gasteiger partial charge in [0, 0.05) is 10.6 Å². The van der Waals surface area contributed by atoms with Crippen LogP contribution in [0.15, 0.2) is 48.5 Å². The van der Waals surface area contributed by atoms with Gasteiger partial charge in [-0.1, -0.05) is 23.7 Å². The standard InChI is InChI=1S/C17H18ClNO2/c1-21-16-8-2-13(3-9-16)10-11-19-12-17(20)14-4-6-15(18)7-5-14/h2-9,19H,10-12H2,1H3. The second kappa shape index (κ2) is 7.81. The van der Waals surface area contributed by atoms with Crippen molar-refractivity contribution in [2.45, 2.75) is 6.42 Å². The summed E-state index contributed by atoms with van der Waals surface area (Å²) in [4.78, 5) is 11.9. The molecule has 0 radical (unpaired) electrons. The molecule has 0 bridgehead atoms. The predicted molar refractivity (Wildman–Crippen MR) is 85.4 cm³/mol. The van der Waals surface area contributed by atoms with Crippen LogP contribution in [-0.4, -0.2) is 26.0 Å². The highest BCUT2D eigenvalue weighted by Gasteiger charge is 2.04. The van der Waals surface area contributed by atoms with E-state index in [0.717, 1.165) is 18.7 Å². The van der Waals surface area contributed by atoms with Crippen LogP contribution in [0, 0.1) is 0 Å². The lowest BCUT2D eigenvalue weighted by atomic mass is 10.1. The third-order valence-corrected chi connectivity index (χ3v) is 3.45. The lowest BCUT2D eigenvalue weighted by molar-refractivity contribution is 0.0991. The average Bonchev–Trinajstić information content (AvgIpc) is 2.52. The first-order chi connectivity index (χ1) is 10.2. The van der Waals surface area contributed by atoms with Gasteiger partial charge in [0.05, 0.1) is 13.7 Å². The number of rotatable bonds is 7. The molecule has 0 aliphatic rings. The first-order valence-corrected chi connectivity index (χ1v) is 7.19. The van der Waals surface area contributed by atoms with E-state index in [0.29, 0.717) is 17.1 Å². The maximum atomic E-state index is 11.9. The van der Waals surface area contributed by atoms with Gasteiger partial charge in [-0.15, -0.1) is 0 Å². The topological polar surface area (TPSA) is 38.3 Å². The predicted octanol–water partition coefficient (Wildman–Crippen LogP) is 3.36. The van der Waals surface area contributed by atoms with E-state index in [1.807, 2.05) is 24.3 Å². The molecule has 0 saturated heterocycles. The fraction of sp³-hybridized carbons (Fsp3) is 0.235. The van der Waals surface area contributed by atoms with Gasteiger partial charge in [-0.2, -0.15) is 0 Å².